The SMILES string of the molecule is Cc1nn(C)c(NS(=O)(=O)c2ccc(Cl)c(Br)c2)c1N. The second-order valence-electron chi connectivity index (χ2n) is 4.15. The van der Waals surface area contributed by atoms with E-state index in [0.717, 1.165) is 0 Å². The molecule has 0 saturated heterocycles. The summed E-state index contributed by atoms with van der Waals surface area (Å²) in [7, 11) is -2.15. The van der Waals surface area contributed by atoms with Crippen LogP contribution >= 0.6 is 27.5 Å². The molecule has 0 radical (unpaired) electrons. The molecule has 3 N–H and O–H groups in total. The predicted molar refractivity (Wildman–Crippen MR) is 82.3 cm³/mol. The van der Waals surface area contributed by atoms with Gasteiger partial charge in [-0.15, -0.1) is 0 Å². The van der Waals surface area contributed by atoms with Crippen molar-refractivity contribution in [3.63, 3.8) is 0 Å². The zero-order valence-electron chi connectivity index (χ0n) is 10.7. The molecule has 0 aliphatic carbocycles. The Morgan fingerprint density at radius 3 is 2.60 bits per heavy atom. The number of aromatic nitrogens is 2. The number of sulfonamides is 1. The molecule has 1 aromatic carbocycles. The van der Waals surface area contributed by atoms with Crippen LogP contribution in [0.1, 0.15) is 5.69 Å². The Morgan fingerprint density at radius 2 is 2.10 bits per heavy atom. The summed E-state index contributed by atoms with van der Waals surface area (Å²) in [6, 6.07) is 4.33. The second-order valence-corrected chi connectivity index (χ2v) is 7.10. The van der Waals surface area contributed by atoms with E-state index in [1.54, 1.807) is 14.0 Å². The van der Waals surface area contributed by atoms with E-state index in [4.69, 9.17) is 17.3 Å². The average molecular weight is 380 g/mol. The summed E-state index contributed by atoms with van der Waals surface area (Å²) in [6.45, 7) is 1.70. The molecule has 2 rings (SSSR count). The molecule has 1 heterocycles. The van der Waals surface area contributed by atoms with Gasteiger partial charge in [-0.2, -0.15) is 5.10 Å². The van der Waals surface area contributed by atoms with Crippen molar-refractivity contribution in [3.05, 3.63) is 33.4 Å². The smallest absolute Gasteiger partial charge is 0.263 e. The third kappa shape index (κ3) is 2.77. The third-order valence-electron chi connectivity index (χ3n) is 2.70. The summed E-state index contributed by atoms with van der Waals surface area (Å²) in [5.74, 6) is 0.230. The summed E-state index contributed by atoms with van der Waals surface area (Å²) in [5.41, 5.74) is 6.66. The van der Waals surface area contributed by atoms with Crippen LogP contribution in [0.3, 0.4) is 0 Å². The monoisotopic (exact) mass is 378 g/mol. The maximum absolute atomic E-state index is 12.3. The molecule has 108 valence electrons. The molecule has 2 aromatic rings. The van der Waals surface area contributed by atoms with Crippen LogP contribution in [0.2, 0.25) is 5.02 Å². The molecule has 0 unspecified atom stereocenters. The Bertz CT molecular complexity index is 773. The largest absolute Gasteiger partial charge is 0.394 e. The summed E-state index contributed by atoms with van der Waals surface area (Å²) < 4.78 is 28.9. The van der Waals surface area contributed by atoms with E-state index in [1.807, 2.05) is 0 Å². The number of rotatable bonds is 3. The summed E-state index contributed by atoms with van der Waals surface area (Å²) in [6.07, 6.45) is 0. The van der Waals surface area contributed by atoms with Crippen LogP contribution in [-0.2, 0) is 17.1 Å². The maximum Gasteiger partial charge on any atom is 0.263 e. The van der Waals surface area contributed by atoms with Gasteiger partial charge < -0.3 is 5.73 Å². The normalized spacial score (nSPS) is 11.6. The minimum atomic E-state index is -3.76. The van der Waals surface area contributed by atoms with E-state index < -0.39 is 10.0 Å². The first-order chi connectivity index (χ1) is 9.22. The van der Waals surface area contributed by atoms with Gasteiger partial charge in [0.15, 0.2) is 5.82 Å². The number of halogens is 2. The fourth-order valence-corrected chi connectivity index (χ4v) is 3.41. The quantitative estimate of drug-likeness (QED) is 0.857. The van der Waals surface area contributed by atoms with Crippen molar-refractivity contribution in [1.82, 2.24) is 9.78 Å². The Hall–Kier alpha value is -1.25. The predicted octanol–water partition coefficient (Wildman–Crippen LogP) is 2.53. The highest BCUT2D eigenvalue weighted by molar-refractivity contribution is 9.10. The van der Waals surface area contributed by atoms with E-state index in [-0.39, 0.29) is 10.7 Å². The first-order valence-corrected chi connectivity index (χ1v) is 8.14. The number of hydrogen-bond acceptors (Lipinski definition) is 4. The first kappa shape index (κ1) is 15.1. The number of aryl methyl sites for hydroxylation is 2. The number of nitrogen functional groups attached to an aromatic ring is 1. The van der Waals surface area contributed by atoms with Crippen molar-refractivity contribution in [2.24, 2.45) is 7.05 Å². The Labute approximate surface area is 130 Å². The van der Waals surface area contributed by atoms with E-state index in [2.05, 4.69) is 25.8 Å². The highest BCUT2D eigenvalue weighted by atomic mass is 79.9. The highest BCUT2D eigenvalue weighted by Crippen LogP contribution is 2.28. The van der Waals surface area contributed by atoms with Crippen molar-refractivity contribution in [1.29, 1.82) is 0 Å². The Balaban J connectivity index is 2.43. The van der Waals surface area contributed by atoms with Crippen LogP contribution < -0.4 is 10.5 Å². The number of anilines is 2. The van der Waals surface area contributed by atoms with E-state index >= 15 is 0 Å². The van der Waals surface area contributed by atoms with Gasteiger partial charge in [0.05, 0.1) is 21.3 Å². The van der Waals surface area contributed by atoms with Crippen LogP contribution in [0.25, 0.3) is 0 Å². The van der Waals surface area contributed by atoms with Gasteiger partial charge in [-0.05, 0) is 41.1 Å². The van der Waals surface area contributed by atoms with Crippen LogP contribution in [-0.4, -0.2) is 18.2 Å². The molecule has 0 aliphatic rings. The van der Waals surface area contributed by atoms with E-state index in [1.165, 1.54) is 22.9 Å². The van der Waals surface area contributed by atoms with Gasteiger partial charge in [0.1, 0.15) is 0 Å². The molecule has 0 amide bonds. The highest BCUT2D eigenvalue weighted by Gasteiger charge is 2.20. The van der Waals surface area contributed by atoms with Gasteiger partial charge in [-0.25, -0.2) is 13.1 Å². The lowest BCUT2D eigenvalue weighted by atomic mass is 10.4. The zero-order chi connectivity index (χ0) is 15.1. The third-order valence-corrected chi connectivity index (χ3v) is 5.25. The average Bonchev–Trinajstić information content (AvgIpc) is 2.59. The van der Waals surface area contributed by atoms with Crippen molar-refractivity contribution in [3.8, 4) is 0 Å². The molecule has 1 aromatic heterocycles. The summed E-state index contributed by atoms with van der Waals surface area (Å²) >= 11 is 9.04. The number of hydrogen-bond donors (Lipinski definition) is 2. The van der Waals surface area contributed by atoms with Crippen molar-refractivity contribution >= 4 is 49.1 Å². The van der Waals surface area contributed by atoms with E-state index in [0.29, 0.717) is 20.9 Å². The van der Waals surface area contributed by atoms with Gasteiger partial charge >= 0.3 is 0 Å². The lowest BCUT2D eigenvalue weighted by Crippen LogP contribution is -2.16. The number of nitrogens with two attached hydrogens (primary N) is 1. The fourth-order valence-electron chi connectivity index (χ4n) is 1.63. The van der Waals surface area contributed by atoms with Gasteiger partial charge in [-0.1, -0.05) is 11.6 Å². The molecular formula is C11H12BrClN4O2S. The molecule has 0 aliphatic heterocycles. The van der Waals surface area contributed by atoms with Crippen LogP contribution in [0.15, 0.2) is 27.6 Å². The number of nitrogens with one attached hydrogen (secondary N) is 1. The lowest BCUT2D eigenvalue weighted by Gasteiger charge is -2.09. The Morgan fingerprint density at radius 1 is 1.45 bits per heavy atom. The standard InChI is InChI=1S/C11H12BrClN4O2S/c1-6-10(14)11(17(2)15-6)16-20(18,19)7-3-4-9(13)8(12)5-7/h3-5,16H,14H2,1-2H3. The molecule has 6 nitrogen and oxygen atoms in total. The van der Waals surface area contributed by atoms with Gasteiger partial charge in [0.25, 0.3) is 10.0 Å². The maximum atomic E-state index is 12.3. The van der Waals surface area contributed by atoms with Crippen LogP contribution in [0, 0.1) is 6.92 Å². The molecule has 0 spiro atoms. The molecule has 0 saturated carbocycles. The number of nitrogens with zero attached hydrogens (tertiary/aromatic N) is 2. The number of benzene rings is 1. The summed E-state index contributed by atoms with van der Waals surface area (Å²) in [5, 5.41) is 4.48. The fraction of sp³-hybridized carbons (Fsp3) is 0.182. The zero-order valence-corrected chi connectivity index (χ0v) is 13.8. The molecule has 9 heteroatoms. The minimum absolute atomic E-state index is 0.0760. The van der Waals surface area contributed by atoms with Crippen molar-refractivity contribution in [2.75, 3.05) is 10.5 Å². The second kappa shape index (κ2) is 5.27. The molecule has 0 fully saturated rings. The first-order valence-electron chi connectivity index (χ1n) is 5.49. The molecular weight excluding hydrogens is 368 g/mol. The summed E-state index contributed by atoms with van der Waals surface area (Å²) in [4.78, 5) is 0.0760. The Kier molecular flexibility index (Phi) is 3.99. The van der Waals surface area contributed by atoms with Crippen molar-refractivity contribution < 1.29 is 8.42 Å². The topological polar surface area (TPSA) is 90.0 Å². The van der Waals surface area contributed by atoms with Crippen LogP contribution in [0.4, 0.5) is 11.5 Å². The van der Waals surface area contributed by atoms with Gasteiger partial charge in [0.2, 0.25) is 0 Å². The molecule has 20 heavy (non-hydrogen) atoms. The van der Waals surface area contributed by atoms with Crippen molar-refractivity contribution in [2.45, 2.75) is 11.8 Å². The van der Waals surface area contributed by atoms with Crippen LogP contribution in [0.5, 0.6) is 0 Å². The molecule has 0 bridgehead atoms. The van der Waals surface area contributed by atoms with Gasteiger partial charge in [-0.3, -0.25) is 4.72 Å². The minimum Gasteiger partial charge on any atom is -0.394 e. The van der Waals surface area contributed by atoms with Gasteiger partial charge in [0, 0.05) is 11.5 Å². The molecule has 0 atom stereocenters. The lowest BCUT2D eigenvalue weighted by molar-refractivity contribution is 0.600. The van der Waals surface area contributed by atoms with E-state index in [9.17, 15) is 8.42 Å².